The van der Waals surface area contributed by atoms with E-state index in [0.29, 0.717) is 0 Å². The minimum Gasteiger partial charge on any atom is -0.328 e. The van der Waals surface area contributed by atoms with E-state index < -0.39 is 0 Å². The van der Waals surface area contributed by atoms with Crippen LogP contribution in [0.5, 0.6) is 0 Å². The van der Waals surface area contributed by atoms with Crippen molar-refractivity contribution in [2.45, 2.75) is 142 Å². The largest absolute Gasteiger partial charge is 0.328 e. The van der Waals surface area contributed by atoms with Gasteiger partial charge in [-0.15, -0.1) is 0 Å². The van der Waals surface area contributed by atoms with Crippen molar-refractivity contribution >= 4 is 0 Å². The first-order valence-corrected chi connectivity index (χ1v) is 13.5. The molecule has 1 nitrogen and oxygen atoms in total. The van der Waals surface area contributed by atoms with Crippen molar-refractivity contribution in [2.24, 2.45) is 5.92 Å². The Morgan fingerprint density at radius 1 is 0.536 bits per heavy atom. The summed E-state index contributed by atoms with van der Waals surface area (Å²) in [5, 5.41) is 0. The van der Waals surface area contributed by atoms with Gasteiger partial charge in [-0.1, -0.05) is 116 Å². The molecular formula is C27H56N+. The first-order chi connectivity index (χ1) is 13.6. The van der Waals surface area contributed by atoms with Crippen LogP contribution in [-0.4, -0.2) is 31.7 Å². The van der Waals surface area contributed by atoms with Gasteiger partial charge in [-0.3, -0.25) is 0 Å². The molecule has 1 rings (SSSR count). The summed E-state index contributed by atoms with van der Waals surface area (Å²) in [6, 6.07) is 0. The van der Waals surface area contributed by atoms with Gasteiger partial charge in [-0.05, 0) is 25.7 Å². The zero-order chi connectivity index (χ0) is 20.3. The van der Waals surface area contributed by atoms with E-state index in [1.54, 1.807) is 0 Å². The number of hydrogen-bond acceptors (Lipinski definition) is 0. The second-order valence-electron chi connectivity index (χ2n) is 10.6. The fourth-order valence-corrected chi connectivity index (χ4v) is 5.25. The zero-order valence-corrected chi connectivity index (χ0v) is 20.3. The third-order valence-electron chi connectivity index (χ3n) is 7.09. The maximum atomic E-state index is 2.47. The lowest BCUT2D eigenvalue weighted by Crippen LogP contribution is -2.44. The van der Waals surface area contributed by atoms with E-state index in [4.69, 9.17) is 0 Å². The molecule has 0 saturated heterocycles. The average Bonchev–Trinajstić information content (AvgIpc) is 2.68. The normalized spacial score (nSPS) is 16.0. The summed E-state index contributed by atoms with van der Waals surface area (Å²) in [6.45, 7) is 5.13. The van der Waals surface area contributed by atoms with Crippen molar-refractivity contribution in [2.75, 3.05) is 27.2 Å². The summed E-state index contributed by atoms with van der Waals surface area (Å²) < 4.78 is 1.27. The summed E-state index contributed by atoms with van der Waals surface area (Å²) in [4.78, 5) is 0. The Kier molecular flexibility index (Phi) is 16.5. The molecule has 1 saturated carbocycles. The second kappa shape index (κ2) is 17.8. The minimum absolute atomic E-state index is 1.02. The van der Waals surface area contributed by atoms with Gasteiger partial charge in [0, 0.05) is 5.92 Å². The molecule has 0 unspecified atom stereocenters. The Morgan fingerprint density at radius 2 is 0.929 bits per heavy atom. The first kappa shape index (κ1) is 26.0. The maximum Gasteiger partial charge on any atom is 0.0811 e. The van der Waals surface area contributed by atoms with Crippen LogP contribution >= 0.6 is 0 Å². The number of hydrogen-bond donors (Lipinski definition) is 0. The van der Waals surface area contributed by atoms with Crippen LogP contribution in [0.25, 0.3) is 0 Å². The quantitative estimate of drug-likeness (QED) is 0.151. The molecule has 0 aromatic heterocycles. The Bertz CT molecular complexity index is 316. The van der Waals surface area contributed by atoms with Crippen molar-refractivity contribution in [3.63, 3.8) is 0 Å². The van der Waals surface area contributed by atoms with Crippen LogP contribution in [-0.2, 0) is 0 Å². The monoisotopic (exact) mass is 394 g/mol. The fraction of sp³-hybridized carbons (Fsp3) is 1.00. The lowest BCUT2D eigenvalue weighted by Gasteiger charge is -2.35. The highest BCUT2D eigenvalue weighted by molar-refractivity contribution is 4.65. The van der Waals surface area contributed by atoms with Crippen LogP contribution in [0.1, 0.15) is 142 Å². The van der Waals surface area contributed by atoms with Crippen LogP contribution in [0.15, 0.2) is 0 Å². The number of rotatable bonds is 19. The van der Waals surface area contributed by atoms with Gasteiger partial charge in [0.05, 0.1) is 27.2 Å². The molecule has 0 aromatic rings. The van der Waals surface area contributed by atoms with Gasteiger partial charge in [0.25, 0.3) is 0 Å². The maximum absolute atomic E-state index is 2.47. The average molecular weight is 395 g/mol. The van der Waals surface area contributed by atoms with Crippen LogP contribution in [0, 0.1) is 5.92 Å². The van der Waals surface area contributed by atoms with E-state index in [2.05, 4.69) is 21.0 Å². The summed E-state index contributed by atoms with van der Waals surface area (Å²) in [6.07, 6.45) is 31.0. The number of unbranched alkanes of at least 4 members (excludes halogenated alkanes) is 15. The van der Waals surface area contributed by atoms with Crippen molar-refractivity contribution in [1.82, 2.24) is 0 Å². The van der Waals surface area contributed by atoms with E-state index in [1.807, 2.05) is 0 Å². The van der Waals surface area contributed by atoms with Crippen molar-refractivity contribution in [3.8, 4) is 0 Å². The summed E-state index contributed by atoms with van der Waals surface area (Å²) in [5.41, 5.74) is 0. The van der Waals surface area contributed by atoms with Crippen molar-refractivity contribution in [3.05, 3.63) is 0 Å². The number of nitrogens with zero attached hydrogens (tertiary/aromatic N) is 1. The molecule has 0 atom stereocenters. The SMILES string of the molecule is CCCCCCCCCCCCCCCCCC[N+](C)(C)CC1CCCCC1. The molecule has 0 radical (unpaired) electrons. The predicted octanol–water partition coefficient (Wildman–Crippen LogP) is 8.90. The van der Waals surface area contributed by atoms with Crippen LogP contribution < -0.4 is 0 Å². The highest BCUT2D eigenvalue weighted by atomic mass is 15.3. The zero-order valence-electron chi connectivity index (χ0n) is 20.3. The molecule has 1 aliphatic carbocycles. The van der Waals surface area contributed by atoms with Gasteiger partial charge in [-0.25, -0.2) is 0 Å². The van der Waals surface area contributed by atoms with Crippen LogP contribution in [0.3, 0.4) is 0 Å². The van der Waals surface area contributed by atoms with E-state index in [-0.39, 0.29) is 0 Å². The van der Waals surface area contributed by atoms with Gasteiger partial charge in [-0.2, -0.15) is 0 Å². The molecule has 0 spiro atoms. The Balaban J connectivity index is 1.79. The molecule has 0 heterocycles. The molecule has 0 amide bonds. The van der Waals surface area contributed by atoms with Gasteiger partial charge < -0.3 is 4.48 Å². The van der Waals surface area contributed by atoms with E-state index in [1.165, 1.54) is 152 Å². The van der Waals surface area contributed by atoms with Gasteiger partial charge >= 0.3 is 0 Å². The summed E-state index contributed by atoms with van der Waals surface area (Å²) in [5.74, 6) is 1.02. The topological polar surface area (TPSA) is 0 Å². The first-order valence-electron chi connectivity index (χ1n) is 13.5. The molecule has 0 aliphatic heterocycles. The van der Waals surface area contributed by atoms with E-state index in [0.717, 1.165) is 5.92 Å². The van der Waals surface area contributed by atoms with E-state index >= 15 is 0 Å². The summed E-state index contributed by atoms with van der Waals surface area (Å²) >= 11 is 0. The Morgan fingerprint density at radius 3 is 1.36 bits per heavy atom. The molecule has 1 heteroatoms. The third-order valence-corrected chi connectivity index (χ3v) is 7.09. The molecule has 168 valence electrons. The molecule has 0 bridgehead atoms. The second-order valence-corrected chi connectivity index (χ2v) is 10.6. The molecule has 28 heavy (non-hydrogen) atoms. The fourth-order valence-electron chi connectivity index (χ4n) is 5.25. The predicted molar refractivity (Wildman–Crippen MR) is 128 cm³/mol. The van der Waals surface area contributed by atoms with Gasteiger partial charge in [0.1, 0.15) is 0 Å². The van der Waals surface area contributed by atoms with Crippen LogP contribution in [0.4, 0.5) is 0 Å². The van der Waals surface area contributed by atoms with Crippen LogP contribution in [0.2, 0.25) is 0 Å². The molecule has 1 aliphatic rings. The third kappa shape index (κ3) is 15.8. The smallest absolute Gasteiger partial charge is 0.0811 e. The minimum atomic E-state index is 1.02. The number of quaternary nitrogens is 1. The molecular weight excluding hydrogens is 338 g/mol. The molecule has 1 fully saturated rings. The molecule has 0 N–H and O–H groups in total. The summed E-state index contributed by atoms with van der Waals surface area (Å²) in [7, 11) is 4.94. The lowest BCUT2D eigenvalue weighted by atomic mass is 9.88. The van der Waals surface area contributed by atoms with Gasteiger partial charge in [0.15, 0.2) is 0 Å². The van der Waals surface area contributed by atoms with Crippen molar-refractivity contribution in [1.29, 1.82) is 0 Å². The Hall–Kier alpha value is -0.0400. The van der Waals surface area contributed by atoms with Gasteiger partial charge in [0.2, 0.25) is 0 Å². The van der Waals surface area contributed by atoms with E-state index in [9.17, 15) is 0 Å². The Labute approximate surface area is 179 Å². The standard InChI is InChI=1S/C27H56N/c1-4-5-6-7-8-9-10-11-12-13-14-15-16-17-18-22-25-28(2,3)26-27-23-20-19-21-24-27/h27H,4-26H2,1-3H3/q+1. The lowest BCUT2D eigenvalue weighted by molar-refractivity contribution is -0.894. The highest BCUT2D eigenvalue weighted by Crippen LogP contribution is 2.26. The highest BCUT2D eigenvalue weighted by Gasteiger charge is 2.23. The van der Waals surface area contributed by atoms with Crippen molar-refractivity contribution < 1.29 is 4.48 Å². The molecule has 0 aromatic carbocycles.